The third-order valence-electron chi connectivity index (χ3n) is 2.32. The number of rotatable bonds is 7. The summed E-state index contributed by atoms with van der Waals surface area (Å²) in [5.41, 5.74) is 0.239. The zero-order valence-corrected chi connectivity index (χ0v) is 10.8. The fourth-order valence-corrected chi connectivity index (χ4v) is 1.40. The van der Waals surface area contributed by atoms with E-state index < -0.39 is 0 Å². The highest BCUT2D eigenvalue weighted by Crippen LogP contribution is 2.00. The number of terminal acetylenes is 1. The zero-order valence-electron chi connectivity index (χ0n) is 10.8. The van der Waals surface area contributed by atoms with Crippen LogP contribution in [0.15, 0.2) is 0 Å². The van der Waals surface area contributed by atoms with Crippen LogP contribution in [0.4, 0.5) is 0 Å². The first-order valence-electron chi connectivity index (χ1n) is 5.90. The summed E-state index contributed by atoms with van der Waals surface area (Å²) in [6.07, 6.45) is 7.73. The molecule has 0 aliphatic carbocycles. The number of unbranched alkanes of at least 4 members (excludes halogenated alkanes) is 1. The van der Waals surface area contributed by atoms with E-state index in [2.05, 4.69) is 43.8 Å². The molecule has 0 heterocycles. The van der Waals surface area contributed by atoms with Gasteiger partial charge in [-0.2, -0.15) is 0 Å². The Kier molecular flexibility index (Phi) is 7.46. The Morgan fingerprint density at radius 1 is 1.27 bits per heavy atom. The van der Waals surface area contributed by atoms with Gasteiger partial charge in [-0.25, -0.2) is 0 Å². The van der Waals surface area contributed by atoms with Gasteiger partial charge < -0.3 is 5.32 Å². The minimum atomic E-state index is 0.239. The summed E-state index contributed by atoms with van der Waals surface area (Å²) in [5.74, 6) is 2.69. The molecule has 0 aromatic heterocycles. The van der Waals surface area contributed by atoms with E-state index >= 15 is 0 Å². The van der Waals surface area contributed by atoms with Crippen LogP contribution in [0, 0.1) is 12.3 Å². The number of hydrogen-bond acceptors (Lipinski definition) is 2. The van der Waals surface area contributed by atoms with Gasteiger partial charge in [-0.3, -0.25) is 4.90 Å². The molecule has 0 radical (unpaired) electrons. The largest absolute Gasteiger partial charge is 0.312 e. The lowest BCUT2D eigenvalue weighted by atomic mass is 10.1. The quantitative estimate of drug-likeness (QED) is 0.511. The minimum absolute atomic E-state index is 0.239. The fraction of sp³-hybridized carbons (Fsp3) is 0.846. The van der Waals surface area contributed by atoms with Crippen LogP contribution < -0.4 is 5.32 Å². The number of hydrogen-bond donors (Lipinski definition) is 1. The van der Waals surface area contributed by atoms with E-state index in [-0.39, 0.29) is 5.54 Å². The summed E-state index contributed by atoms with van der Waals surface area (Å²) in [6, 6.07) is 0. The van der Waals surface area contributed by atoms with Crippen molar-refractivity contribution in [3.63, 3.8) is 0 Å². The molecular formula is C13H26N2. The third kappa shape index (κ3) is 9.78. The topological polar surface area (TPSA) is 15.3 Å². The lowest BCUT2D eigenvalue weighted by Gasteiger charge is -2.21. The Hall–Kier alpha value is -0.520. The van der Waals surface area contributed by atoms with Crippen LogP contribution in [0.2, 0.25) is 0 Å². The van der Waals surface area contributed by atoms with Crippen molar-refractivity contribution in [3.05, 3.63) is 0 Å². The first kappa shape index (κ1) is 14.5. The van der Waals surface area contributed by atoms with Gasteiger partial charge in [-0.1, -0.05) is 12.8 Å². The zero-order chi connectivity index (χ0) is 11.7. The average Bonchev–Trinajstić information content (AvgIpc) is 2.14. The van der Waals surface area contributed by atoms with E-state index in [0.29, 0.717) is 0 Å². The molecule has 0 bridgehead atoms. The van der Waals surface area contributed by atoms with Crippen molar-refractivity contribution in [1.29, 1.82) is 0 Å². The van der Waals surface area contributed by atoms with Crippen molar-refractivity contribution >= 4 is 0 Å². The molecule has 0 fully saturated rings. The predicted molar refractivity (Wildman–Crippen MR) is 67.9 cm³/mol. The van der Waals surface area contributed by atoms with Crippen molar-refractivity contribution in [2.24, 2.45) is 0 Å². The van der Waals surface area contributed by atoms with Crippen LogP contribution in [-0.2, 0) is 0 Å². The van der Waals surface area contributed by atoms with Crippen LogP contribution in [0.3, 0.4) is 0 Å². The molecule has 0 unspecified atom stereocenters. The molecule has 0 saturated carbocycles. The molecule has 0 aromatic carbocycles. The highest BCUT2D eigenvalue weighted by molar-refractivity contribution is 4.87. The third-order valence-corrected chi connectivity index (χ3v) is 2.32. The monoisotopic (exact) mass is 210 g/mol. The van der Waals surface area contributed by atoms with Crippen molar-refractivity contribution in [2.75, 3.05) is 26.2 Å². The van der Waals surface area contributed by atoms with Crippen molar-refractivity contribution in [1.82, 2.24) is 10.2 Å². The van der Waals surface area contributed by atoms with E-state index in [9.17, 15) is 0 Å². The lowest BCUT2D eigenvalue weighted by Crippen LogP contribution is -2.36. The highest BCUT2D eigenvalue weighted by Gasteiger charge is 2.07. The normalized spacial score (nSPS) is 11.7. The summed E-state index contributed by atoms with van der Waals surface area (Å²) in [5, 5.41) is 3.49. The Morgan fingerprint density at radius 2 is 1.93 bits per heavy atom. The number of nitrogens with one attached hydrogen (secondary N) is 1. The Balaban J connectivity index is 3.41. The Morgan fingerprint density at radius 3 is 2.40 bits per heavy atom. The summed E-state index contributed by atoms with van der Waals surface area (Å²) in [6.45, 7) is 12.8. The minimum Gasteiger partial charge on any atom is -0.312 e. The Bertz CT molecular complexity index is 186. The maximum Gasteiger partial charge on any atom is 0.0598 e. The van der Waals surface area contributed by atoms with Crippen LogP contribution in [0.5, 0.6) is 0 Å². The van der Waals surface area contributed by atoms with Crippen LogP contribution in [0.1, 0.15) is 40.5 Å². The second-order valence-corrected chi connectivity index (χ2v) is 4.96. The molecule has 0 amide bonds. The second-order valence-electron chi connectivity index (χ2n) is 4.96. The SMILES string of the molecule is C#CCN(CC)CCCCNC(C)(C)C. The molecule has 0 aliphatic heterocycles. The van der Waals surface area contributed by atoms with E-state index in [4.69, 9.17) is 6.42 Å². The molecule has 0 rings (SSSR count). The number of nitrogens with zero attached hydrogens (tertiary/aromatic N) is 1. The van der Waals surface area contributed by atoms with Crippen molar-refractivity contribution in [3.8, 4) is 12.3 Å². The second kappa shape index (κ2) is 7.73. The van der Waals surface area contributed by atoms with Crippen molar-refractivity contribution < 1.29 is 0 Å². The Labute approximate surface area is 95.4 Å². The van der Waals surface area contributed by atoms with E-state index in [1.165, 1.54) is 12.8 Å². The molecule has 0 spiro atoms. The van der Waals surface area contributed by atoms with Crippen LogP contribution in [-0.4, -0.2) is 36.6 Å². The average molecular weight is 210 g/mol. The van der Waals surface area contributed by atoms with Gasteiger partial charge in [0.1, 0.15) is 0 Å². The molecular weight excluding hydrogens is 184 g/mol. The summed E-state index contributed by atoms with van der Waals surface area (Å²) < 4.78 is 0. The molecule has 0 aromatic rings. The van der Waals surface area contributed by atoms with Gasteiger partial charge in [0.15, 0.2) is 0 Å². The standard InChI is InChI=1S/C13H26N2/c1-6-11-15(7-2)12-9-8-10-14-13(3,4)5/h1,14H,7-12H2,2-5H3. The van der Waals surface area contributed by atoms with Gasteiger partial charge in [-0.05, 0) is 53.2 Å². The molecule has 2 nitrogen and oxygen atoms in total. The van der Waals surface area contributed by atoms with Gasteiger partial charge in [0.2, 0.25) is 0 Å². The lowest BCUT2D eigenvalue weighted by molar-refractivity contribution is 0.311. The van der Waals surface area contributed by atoms with Gasteiger partial charge in [-0.15, -0.1) is 6.42 Å². The van der Waals surface area contributed by atoms with Crippen molar-refractivity contribution in [2.45, 2.75) is 46.1 Å². The highest BCUT2D eigenvalue weighted by atomic mass is 15.1. The first-order valence-corrected chi connectivity index (χ1v) is 5.90. The van der Waals surface area contributed by atoms with Crippen LogP contribution in [0.25, 0.3) is 0 Å². The smallest absolute Gasteiger partial charge is 0.0598 e. The molecule has 88 valence electrons. The van der Waals surface area contributed by atoms with Gasteiger partial charge in [0.05, 0.1) is 6.54 Å². The van der Waals surface area contributed by atoms with E-state index in [0.717, 1.165) is 26.2 Å². The van der Waals surface area contributed by atoms with Crippen LogP contribution >= 0.6 is 0 Å². The maximum absolute atomic E-state index is 5.29. The molecule has 2 heteroatoms. The predicted octanol–water partition coefficient (Wildman–Crippen LogP) is 2.11. The summed E-state index contributed by atoms with van der Waals surface area (Å²) >= 11 is 0. The fourth-order valence-electron chi connectivity index (χ4n) is 1.40. The van der Waals surface area contributed by atoms with E-state index in [1.807, 2.05) is 0 Å². The first-order chi connectivity index (χ1) is 6.99. The summed E-state index contributed by atoms with van der Waals surface area (Å²) in [7, 11) is 0. The molecule has 0 saturated heterocycles. The molecule has 15 heavy (non-hydrogen) atoms. The van der Waals surface area contributed by atoms with Gasteiger partial charge in [0.25, 0.3) is 0 Å². The van der Waals surface area contributed by atoms with E-state index in [1.54, 1.807) is 0 Å². The maximum atomic E-state index is 5.29. The summed E-state index contributed by atoms with van der Waals surface area (Å²) in [4.78, 5) is 2.30. The molecule has 0 aliphatic rings. The van der Waals surface area contributed by atoms with Gasteiger partial charge >= 0.3 is 0 Å². The molecule has 1 N–H and O–H groups in total. The van der Waals surface area contributed by atoms with Gasteiger partial charge in [0, 0.05) is 5.54 Å². The molecule has 0 atom stereocenters.